The van der Waals surface area contributed by atoms with Gasteiger partial charge in [0.05, 0.1) is 0 Å². The molecule has 0 saturated heterocycles. The van der Waals surface area contributed by atoms with Gasteiger partial charge in [0.15, 0.2) is 5.65 Å². The maximum atomic E-state index is 4.24. The molecule has 56 valence electrons. The zero-order valence-electron chi connectivity index (χ0n) is 5.78. The van der Waals surface area contributed by atoms with E-state index in [-0.39, 0.29) is 0 Å². The average Bonchev–Trinajstić information content (AvgIpc) is 2.46. The Morgan fingerprint density at radius 3 is 3.18 bits per heavy atom. The first-order valence-corrected chi connectivity index (χ1v) is 3.94. The van der Waals surface area contributed by atoms with E-state index >= 15 is 0 Å². The highest BCUT2D eigenvalue weighted by Gasteiger charge is 1.98. The highest BCUT2D eigenvalue weighted by Crippen LogP contribution is 2.07. The number of aromatic nitrogens is 3. The third kappa shape index (κ3) is 1.09. The van der Waals surface area contributed by atoms with Crippen LogP contribution in [0.5, 0.6) is 0 Å². The molecule has 0 saturated carbocycles. The van der Waals surface area contributed by atoms with Crippen molar-refractivity contribution in [3.05, 3.63) is 24.2 Å². The van der Waals surface area contributed by atoms with E-state index in [0.29, 0.717) is 5.75 Å². The molecule has 2 aromatic rings. The molecule has 0 spiro atoms. The molecule has 11 heavy (non-hydrogen) atoms. The smallest absolute Gasteiger partial charge is 0.157 e. The van der Waals surface area contributed by atoms with Gasteiger partial charge in [0.25, 0.3) is 0 Å². The summed E-state index contributed by atoms with van der Waals surface area (Å²) in [6, 6.07) is 3.79. The molecule has 1 N–H and O–H groups in total. The molecule has 3 nitrogen and oxygen atoms in total. The molecule has 0 bridgehead atoms. The van der Waals surface area contributed by atoms with E-state index in [9.17, 15) is 0 Å². The van der Waals surface area contributed by atoms with Crippen molar-refractivity contribution in [2.45, 2.75) is 5.75 Å². The van der Waals surface area contributed by atoms with E-state index in [1.165, 1.54) is 0 Å². The lowest BCUT2D eigenvalue weighted by Crippen LogP contribution is -1.77. The summed E-state index contributed by atoms with van der Waals surface area (Å²) in [6.07, 6.45) is 1.74. The van der Waals surface area contributed by atoms with E-state index in [0.717, 1.165) is 17.0 Å². The second-order valence-corrected chi connectivity index (χ2v) is 2.53. The van der Waals surface area contributed by atoms with E-state index in [1.807, 2.05) is 12.1 Å². The van der Waals surface area contributed by atoms with Crippen LogP contribution in [0.3, 0.4) is 0 Å². The van der Waals surface area contributed by atoms with E-state index in [2.05, 4.69) is 27.6 Å². The van der Waals surface area contributed by atoms with E-state index in [1.54, 1.807) is 6.20 Å². The lowest BCUT2D eigenvalue weighted by atomic mass is 10.4. The normalized spacial score (nSPS) is 10.6. The van der Waals surface area contributed by atoms with Crippen LogP contribution >= 0.6 is 12.6 Å². The molecule has 0 aliphatic rings. The van der Waals surface area contributed by atoms with Crippen LogP contribution in [0.2, 0.25) is 0 Å². The lowest BCUT2D eigenvalue weighted by Gasteiger charge is -1.81. The van der Waals surface area contributed by atoms with Crippen molar-refractivity contribution in [3.63, 3.8) is 0 Å². The van der Waals surface area contributed by atoms with Gasteiger partial charge in [-0.05, 0) is 12.1 Å². The molecule has 4 heteroatoms. The number of imidazole rings is 1. The fraction of sp³-hybridized carbons (Fsp3) is 0.143. The molecular formula is C7H7N3S. The zero-order chi connectivity index (χ0) is 7.68. The topological polar surface area (TPSA) is 41.6 Å². The van der Waals surface area contributed by atoms with Crippen LogP contribution in [0, 0.1) is 0 Å². The Kier molecular flexibility index (Phi) is 1.54. The molecule has 2 aromatic heterocycles. The Labute approximate surface area is 69.3 Å². The Bertz CT molecular complexity index is 335. The molecule has 0 amide bonds. The third-order valence-corrected chi connectivity index (χ3v) is 1.75. The van der Waals surface area contributed by atoms with Gasteiger partial charge in [-0.15, -0.1) is 0 Å². The maximum absolute atomic E-state index is 4.24. The minimum absolute atomic E-state index is 0.621. The second-order valence-electron chi connectivity index (χ2n) is 2.21. The quantitative estimate of drug-likeness (QED) is 0.627. The summed E-state index contributed by atoms with van der Waals surface area (Å²) >= 11 is 4.10. The summed E-state index contributed by atoms with van der Waals surface area (Å²) in [7, 11) is 0. The van der Waals surface area contributed by atoms with Crippen LogP contribution in [0.1, 0.15) is 5.82 Å². The number of nitrogens with zero attached hydrogens (tertiary/aromatic N) is 2. The molecule has 0 aromatic carbocycles. The number of thiol groups is 1. The summed E-state index contributed by atoms with van der Waals surface area (Å²) < 4.78 is 0. The predicted molar refractivity (Wildman–Crippen MR) is 46.6 cm³/mol. The fourth-order valence-corrected chi connectivity index (χ4v) is 1.12. The lowest BCUT2D eigenvalue weighted by molar-refractivity contribution is 1.14. The summed E-state index contributed by atoms with van der Waals surface area (Å²) in [5.41, 5.74) is 1.73. The van der Waals surface area contributed by atoms with Crippen LogP contribution in [-0.2, 0) is 5.75 Å². The van der Waals surface area contributed by atoms with Crippen LogP contribution in [0.25, 0.3) is 11.2 Å². The molecule has 0 radical (unpaired) electrons. The Balaban J connectivity index is 2.69. The second kappa shape index (κ2) is 2.54. The summed E-state index contributed by atoms with van der Waals surface area (Å²) in [4.78, 5) is 11.4. The van der Waals surface area contributed by atoms with Gasteiger partial charge in [-0.2, -0.15) is 12.6 Å². The number of rotatable bonds is 1. The largest absolute Gasteiger partial charge is 0.326 e. The van der Waals surface area contributed by atoms with Crippen LogP contribution in [-0.4, -0.2) is 15.0 Å². The number of aromatic amines is 1. The van der Waals surface area contributed by atoms with Crippen molar-refractivity contribution in [1.29, 1.82) is 0 Å². The average molecular weight is 165 g/mol. The molecule has 0 atom stereocenters. The van der Waals surface area contributed by atoms with Crippen LogP contribution in [0.4, 0.5) is 0 Å². The monoisotopic (exact) mass is 165 g/mol. The molecular weight excluding hydrogens is 158 g/mol. The van der Waals surface area contributed by atoms with E-state index in [4.69, 9.17) is 0 Å². The summed E-state index contributed by atoms with van der Waals surface area (Å²) in [5, 5.41) is 0. The van der Waals surface area contributed by atoms with Gasteiger partial charge in [0, 0.05) is 11.9 Å². The Morgan fingerprint density at radius 2 is 2.45 bits per heavy atom. The van der Waals surface area contributed by atoms with Crippen molar-refractivity contribution in [2.24, 2.45) is 0 Å². The number of pyridine rings is 1. The highest BCUT2D eigenvalue weighted by molar-refractivity contribution is 7.79. The van der Waals surface area contributed by atoms with Crippen molar-refractivity contribution in [2.75, 3.05) is 0 Å². The molecule has 0 unspecified atom stereocenters. The van der Waals surface area contributed by atoms with Gasteiger partial charge in [0.2, 0.25) is 0 Å². The minimum atomic E-state index is 0.621. The number of H-pyrrole nitrogens is 1. The first-order valence-electron chi connectivity index (χ1n) is 3.30. The summed E-state index contributed by atoms with van der Waals surface area (Å²) in [6.45, 7) is 0. The Morgan fingerprint density at radius 1 is 1.55 bits per heavy atom. The highest BCUT2D eigenvalue weighted by atomic mass is 32.1. The molecule has 2 heterocycles. The van der Waals surface area contributed by atoms with E-state index < -0.39 is 0 Å². The maximum Gasteiger partial charge on any atom is 0.157 e. The van der Waals surface area contributed by atoms with Gasteiger partial charge in [-0.3, -0.25) is 0 Å². The minimum Gasteiger partial charge on any atom is -0.326 e. The van der Waals surface area contributed by atoms with Crippen molar-refractivity contribution >= 4 is 23.8 Å². The summed E-state index contributed by atoms with van der Waals surface area (Å²) in [5.74, 6) is 1.48. The molecule has 2 rings (SSSR count). The van der Waals surface area contributed by atoms with Gasteiger partial charge in [0.1, 0.15) is 11.3 Å². The molecule has 0 aliphatic carbocycles. The van der Waals surface area contributed by atoms with Crippen LogP contribution in [0.15, 0.2) is 18.3 Å². The first-order chi connectivity index (χ1) is 5.40. The van der Waals surface area contributed by atoms with Crippen molar-refractivity contribution in [1.82, 2.24) is 15.0 Å². The van der Waals surface area contributed by atoms with Gasteiger partial charge in [-0.1, -0.05) is 0 Å². The van der Waals surface area contributed by atoms with Crippen LogP contribution < -0.4 is 0 Å². The van der Waals surface area contributed by atoms with Gasteiger partial charge in [-0.25, -0.2) is 9.97 Å². The predicted octanol–water partition coefficient (Wildman–Crippen LogP) is 1.39. The first kappa shape index (κ1) is 6.67. The standard InChI is InChI=1S/C7H7N3S/c11-4-6-9-5-2-1-3-8-7(5)10-6/h1-3,11H,4H2,(H,8,9,10). The molecule has 0 aliphatic heterocycles. The third-order valence-electron chi connectivity index (χ3n) is 1.45. The number of hydrogen-bond acceptors (Lipinski definition) is 3. The molecule has 0 fully saturated rings. The Hall–Kier alpha value is -1.03. The van der Waals surface area contributed by atoms with Crippen molar-refractivity contribution in [3.8, 4) is 0 Å². The fourth-order valence-electron chi connectivity index (χ4n) is 0.968. The number of fused-ring (bicyclic) bond motifs is 1. The number of nitrogens with one attached hydrogen (secondary N) is 1. The van der Waals surface area contributed by atoms with Crippen molar-refractivity contribution < 1.29 is 0 Å². The SMILES string of the molecule is SCc1nc2cccnc2[nH]1. The number of hydrogen-bond donors (Lipinski definition) is 2. The zero-order valence-corrected chi connectivity index (χ0v) is 6.68. The van der Waals surface area contributed by atoms with Gasteiger partial charge < -0.3 is 4.98 Å². The van der Waals surface area contributed by atoms with Gasteiger partial charge >= 0.3 is 0 Å².